The SMILES string of the molecule is O=C(NCC1=NC2(CC2)C(=O)N1)OCc1ccccc1. The van der Waals surface area contributed by atoms with Gasteiger partial charge in [-0.05, 0) is 18.4 Å². The van der Waals surface area contributed by atoms with E-state index in [1.54, 1.807) is 0 Å². The smallest absolute Gasteiger partial charge is 0.407 e. The van der Waals surface area contributed by atoms with Gasteiger partial charge in [0.15, 0.2) is 0 Å². The van der Waals surface area contributed by atoms with Crippen LogP contribution in [-0.2, 0) is 16.1 Å². The molecule has 0 atom stereocenters. The van der Waals surface area contributed by atoms with Gasteiger partial charge in [0.2, 0.25) is 0 Å². The average molecular weight is 273 g/mol. The molecule has 1 spiro atoms. The summed E-state index contributed by atoms with van der Waals surface area (Å²) in [5.41, 5.74) is 0.399. The summed E-state index contributed by atoms with van der Waals surface area (Å²) < 4.78 is 5.06. The van der Waals surface area contributed by atoms with E-state index in [9.17, 15) is 9.59 Å². The molecule has 3 rings (SSSR count). The molecule has 1 aliphatic heterocycles. The third kappa shape index (κ3) is 2.64. The first-order valence-electron chi connectivity index (χ1n) is 6.53. The molecule has 1 saturated carbocycles. The summed E-state index contributed by atoms with van der Waals surface area (Å²) in [4.78, 5) is 27.4. The third-order valence-electron chi connectivity index (χ3n) is 3.37. The zero-order chi connectivity index (χ0) is 14.0. The van der Waals surface area contributed by atoms with E-state index in [2.05, 4.69) is 15.6 Å². The van der Waals surface area contributed by atoms with Crippen molar-refractivity contribution in [3.05, 3.63) is 35.9 Å². The molecule has 20 heavy (non-hydrogen) atoms. The van der Waals surface area contributed by atoms with Crippen molar-refractivity contribution in [3.63, 3.8) is 0 Å². The van der Waals surface area contributed by atoms with Crippen molar-refractivity contribution in [2.45, 2.75) is 25.0 Å². The molecule has 0 saturated heterocycles. The minimum Gasteiger partial charge on any atom is -0.445 e. The van der Waals surface area contributed by atoms with Crippen LogP contribution in [0.5, 0.6) is 0 Å². The lowest BCUT2D eigenvalue weighted by Gasteiger charge is -2.06. The van der Waals surface area contributed by atoms with E-state index in [4.69, 9.17) is 4.74 Å². The topological polar surface area (TPSA) is 79.8 Å². The Labute approximate surface area is 116 Å². The van der Waals surface area contributed by atoms with Crippen molar-refractivity contribution >= 4 is 17.8 Å². The lowest BCUT2D eigenvalue weighted by Crippen LogP contribution is -2.37. The highest BCUT2D eigenvalue weighted by Gasteiger charge is 2.53. The standard InChI is InChI=1S/C14H15N3O3/c18-12-14(6-7-14)17-11(16-12)8-15-13(19)20-9-10-4-2-1-3-5-10/h1-5H,6-9H2,(H,15,19)(H,16,17,18). The number of aliphatic imine (C=N–C) groups is 1. The van der Waals surface area contributed by atoms with Gasteiger partial charge in [-0.3, -0.25) is 9.79 Å². The molecule has 0 radical (unpaired) electrons. The Balaban J connectivity index is 1.43. The van der Waals surface area contributed by atoms with Gasteiger partial charge in [-0.15, -0.1) is 0 Å². The fourth-order valence-electron chi connectivity index (χ4n) is 2.06. The number of ether oxygens (including phenoxy) is 1. The quantitative estimate of drug-likeness (QED) is 0.858. The maximum atomic E-state index is 11.6. The summed E-state index contributed by atoms with van der Waals surface area (Å²) >= 11 is 0. The number of hydrogen-bond acceptors (Lipinski definition) is 4. The minimum absolute atomic E-state index is 0.0630. The van der Waals surface area contributed by atoms with Crippen molar-refractivity contribution in [2.75, 3.05) is 6.54 Å². The van der Waals surface area contributed by atoms with Crippen LogP contribution in [0.25, 0.3) is 0 Å². The zero-order valence-corrected chi connectivity index (χ0v) is 10.9. The van der Waals surface area contributed by atoms with E-state index in [1.165, 1.54) is 0 Å². The second kappa shape index (κ2) is 4.96. The molecule has 1 heterocycles. The molecule has 0 unspecified atom stereocenters. The summed E-state index contributed by atoms with van der Waals surface area (Å²) in [5.74, 6) is 0.441. The Bertz CT molecular complexity index is 564. The molecule has 0 aromatic heterocycles. The van der Waals surface area contributed by atoms with Gasteiger partial charge in [0.05, 0.1) is 6.54 Å². The van der Waals surface area contributed by atoms with Crippen LogP contribution in [0.1, 0.15) is 18.4 Å². The maximum absolute atomic E-state index is 11.6. The molecule has 1 fully saturated rings. The molecule has 2 N–H and O–H groups in total. The van der Waals surface area contributed by atoms with Gasteiger partial charge < -0.3 is 15.4 Å². The van der Waals surface area contributed by atoms with Crippen molar-refractivity contribution < 1.29 is 14.3 Å². The third-order valence-corrected chi connectivity index (χ3v) is 3.37. The number of nitrogens with one attached hydrogen (secondary N) is 2. The van der Waals surface area contributed by atoms with Crippen LogP contribution < -0.4 is 10.6 Å². The second-order valence-corrected chi connectivity index (χ2v) is 4.96. The van der Waals surface area contributed by atoms with Gasteiger partial charge >= 0.3 is 6.09 Å². The molecular weight excluding hydrogens is 258 g/mol. The summed E-state index contributed by atoms with van der Waals surface area (Å²) in [7, 11) is 0. The Morgan fingerprint density at radius 1 is 1.35 bits per heavy atom. The molecule has 2 aliphatic rings. The predicted molar refractivity (Wildman–Crippen MR) is 72.2 cm³/mol. The largest absolute Gasteiger partial charge is 0.445 e. The van der Waals surface area contributed by atoms with Gasteiger partial charge in [0.1, 0.15) is 18.0 Å². The van der Waals surface area contributed by atoms with Gasteiger partial charge in [-0.1, -0.05) is 30.3 Å². The van der Waals surface area contributed by atoms with E-state index in [-0.39, 0.29) is 19.1 Å². The molecule has 6 nitrogen and oxygen atoms in total. The fraction of sp³-hybridized carbons (Fsp3) is 0.357. The first-order chi connectivity index (χ1) is 9.68. The van der Waals surface area contributed by atoms with Crippen molar-refractivity contribution in [1.82, 2.24) is 10.6 Å². The Morgan fingerprint density at radius 2 is 2.10 bits per heavy atom. The van der Waals surface area contributed by atoms with Crippen molar-refractivity contribution in [2.24, 2.45) is 4.99 Å². The molecule has 2 amide bonds. The van der Waals surface area contributed by atoms with Crippen LogP contribution in [0.4, 0.5) is 4.79 Å². The van der Waals surface area contributed by atoms with Gasteiger partial charge in [-0.2, -0.15) is 0 Å². The van der Waals surface area contributed by atoms with Crippen molar-refractivity contribution in [3.8, 4) is 0 Å². The maximum Gasteiger partial charge on any atom is 0.407 e. The monoisotopic (exact) mass is 273 g/mol. The number of hydrogen-bond donors (Lipinski definition) is 2. The van der Waals surface area contributed by atoms with Crippen LogP contribution in [-0.4, -0.2) is 29.9 Å². The van der Waals surface area contributed by atoms with E-state index >= 15 is 0 Å². The Hall–Kier alpha value is -2.37. The summed E-state index contributed by atoms with van der Waals surface area (Å²) in [6, 6.07) is 9.43. The lowest BCUT2D eigenvalue weighted by atomic mass is 10.2. The molecule has 104 valence electrons. The first kappa shape index (κ1) is 12.7. The number of carbonyl (C=O) groups is 2. The summed E-state index contributed by atoms with van der Waals surface area (Å²) in [6.07, 6.45) is 1.06. The molecular formula is C14H15N3O3. The first-order valence-corrected chi connectivity index (χ1v) is 6.53. The number of amides is 2. The molecule has 1 aliphatic carbocycles. The highest BCUT2D eigenvalue weighted by molar-refractivity contribution is 6.10. The van der Waals surface area contributed by atoms with Crippen LogP contribution >= 0.6 is 0 Å². The highest BCUT2D eigenvalue weighted by Crippen LogP contribution is 2.42. The minimum atomic E-state index is -0.525. The highest BCUT2D eigenvalue weighted by atomic mass is 16.5. The molecule has 6 heteroatoms. The van der Waals surface area contributed by atoms with Crippen LogP contribution in [0, 0.1) is 0 Å². The number of rotatable bonds is 4. The van der Waals surface area contributed by atoms with Gasteiger partial charge in [0.25, 0.3) is 5.91 Å². The van der Waals surface area contributed by atoms with E-state index in [0.29, 0.717) is 5.84 Å². The van der Waals surface area contributed by atoms with E-state index in [0.717, 1.165) is 18.4 Å². The lowest BCUT2D eigenvalue weighted by molar-refractivity contribution is -0.120. The number of amidine groups is 1. The Kier molecular flexibility index (Phi) is 3.14. The fourth-order valence-corrected chi connectivity index (χ4v) is 2.06. The van der Waals surface area contributed by atoms with Crippen LogP contribution in [0.2, 0.25) is 0 Å². The van der Waals surface area contributed by atoms with Gasteiger partial charge in [-0.25, -0.2) is 4.79 Å². The van der Waals surface area contributed by atoms with Crippen molar-refractivity contribution in [1.29, 1.82) is 0 Å². The number of nitrogens with zero attached hydrogens (tertiary/aromatic N) is 1. The summed E-state index contributed by atoms with van der Waals surface area (Å²) in [5, 5.41) is 5.25. The van der Waals surface area contributed by atoms with E-state index < -0.39 is 11.6 Å². The molecule has 0 bridgehead atoms. The number of carbonyl (C=O) groups excluding carboxylic acids is 2. The molecule has 1 aromatic carbocycles. The Morgan fingerprint density at radius 3 is 2.75 bits per heavy atom. The molecule has 1 aromatic rings. The zero-order valence-electron chi connectivity index (χ0n) is 10.9. The van der Waals surface area contributed by atoms with E-state index in [1.807, 2.05) is 30.3 Å². The predicted octanol–water partition coefficient (Wildman–Crippen LogP) is 0.974. The second-order valence-electron chi connectivity index (χ2n) is 4.96. The average Bonchev–Trinajstić information content (AvgIpc) is 3.17. The van der Waals surface area contributed by atoms with Crippen LogP contribution in [0.3, 0.4) is 0 Å². The van der Waals surface area contributed by atoms with Crippen LogP contribution in [0.15, 0.2) is 35.3 Å². The number of benzene rings is 1. The van der Waals surface area contributed by atoms with Gasteiger partial charge in [0, 0.05) is 0 Å². The number of alkyl carbamates (subject to hydrolysis) is 1. The summed E-state index contributed by atoms with van der Waals surface area (Å²) in [6.45, 7) is 0.399. The normalized spacial score (nSPS) is 18.4.